The Morgan fingerprint density at radius 1 is 1.33 bits per heavy atom. The molecule has 2 rings (SSSR count). The third kappa shape index (κ3) is 3.04. The van der Waals surface area contributed by atoms with Crippen molar-refractivity contribution in [3.63, 3.8) is 0 Å². The predicted molar refractivity (Wildman–Crippen MR) is 64.9 cm³/mol. The Bertz CT molecular complexity index is 558. The fraction of sp³-hybridized carbons (Fsp3) is 0.0769. The van der Waals surface area contributed by atoms with Crippen LogP contribution >= 0.6 is 0 Å². The summed E-state index contributed by atoms with van der Waals surface area (Å²) in [5.74, 6) is -1.74. The van der Waals surface area contributed by atoms with Crippen molar-refractivity contribution in [1.29, 1.82) is 0 Å². The molecule has 4 nitrogen and oxygen atoms in total. The Balaban J connectivity index is 2.12. The maximum Gasteiger partial charge on any atom is 0.335 e. The summed E-state index contributed by atoms with van der Waals surface area (Å²) in [6, 6.07) is 9.08. The lowest BCUT2D eigenvalue weighted by molar-refractivity contribution is 0.0696. The lowest BCUT2D eigenvalue weighted by Gasteiger charge is -2.07. The van der Waals surface area contributed by atoms with Crippen molar-refractivity contribution in [3.05, 3.63) is 59.7 Å². The number of pyridine rings is 1. The number of aromatic nitrogens is 1. The Morgan fingerprint density at radius 3 is 2.83 bits per heavy atom. The molecule has 0 aliphatic carbocycles. The van der Waals surface area contributed by atoms with Crippen molar-refractivity contribution in [2.45, 2.75) is 6.54 Å². The molecule has 1 heterocycles. The zero-order chi connectivity index (χ0) is 13.0. The zero-order valence-corrected chi connectivity index (χ0v) is 9.43. The molecule has 2 aromatic rings. The van der Waals surface area contributed by atoms with E-state index in [2.05, 4.69) is 10.3 Å². The Morgan fingerprint density at radius 2 is 2.17 bits per heavy atom. The first-order valence-electron chi connectivity index (χ1n) is 5.33. The van der Waals surface area contributed by atoms with Crippen LogP contribution in [0.25, 0.3) is 0 Å². The molecule has 0 unspecified atom stereocenters. The number of aromatic carboxylic acids is 1. The maximum atomic E-state index is 13.2. The summed E-state index contributed by atoms with van der Waals surface area (Å²) in [4.78, 5) is 14.9. The summed E-state index contributed by atoms with van der Waals surface area (Å²) in [5, 5.41) is 11.7. The Hall–Kier alpha value is -2.43. The van der Waals surface area contributed by atoms with Crippen LogP contribution in [0.5, 0.6) is 0 Å². The normalized spacial score (nSPS) is 10.1. The number of hydrogen-bond acceptors (Lipinski definition) is 3. The molecular weight excluding hydrogens is 235 g/mol. The molecule has 1 aromatic carbocycles. The SMILES string of the molecule is O=C(O)c1cc(F)cc(NCc2ccccn2)c1. The number of carboxylic acids is 1. The number of nitrogens with one attached hydrogen (secondary N) is 1. The topological polar surface area (TPSA) is 62.2 Å². The number of halogens is 1. The molecular formula is C13H11FN2O2. The van der Waals surface area contributed by atoms with Crippen LogP contribution in [0.2, 0.25) is 0 Å². The van der Waals surface area contributed by atoms with Crippen LogP contribution in [0, 0.1) is 5.82 Å². The van der Waals surface area contributed by atoms with E-state index in [1.54, 1.807) is 12.3 Å². The number of carbonyl (C=O) groups is 1. The smallest absolute Gasteiger partial charge is 0.335 e. The van der Waals surface area contributed by atoms with Crippen molar-refractivity contribution in [1.82, 2.24) is 4.98 Å². The highest BCUT2D eigenvalue weighted by Crippen LogP contribution is 2.14. The van der Waals surface area contributed by atoms with Gasteiger partial charge in [-0.3, -0.25) is 4.98 Å². The minimum atomic E-state index is -1.16. The van der Waals surface area contributed by atoms with E-state index in [9.17, 15) is 9.18 Å². The number of nitrogens with zero attached hydrogens (tertiary/aromatic N) is 1. The molecule has 0 amide bonds. The fourth-order valence-electron chi connectivity index (χ4n) is 1.51. The summed E-state index contributed by atoms with van der Waals surface area (Å²) in [7, 11) is 0. The molecule has 0 aliphatic rings. The molecule has 0 atom stereocenters. The van der Waals surface area contributed by atoms with Gasteiger partial charge in [-0.1, -0.05) is 6.07 Å². The summed E-state index contributed by atoms with van der Waals surface area (Å²) < 4.78 is 13.2. The highest BCUT2D eigenvalue weighted by molar-refractivity contribution is 5.88. The third-order valence-corrected chi connectivity index (χ3v) is 2.34. The lowest BCUT2D eigenvalue weighted by atomic mass is 10.2. The van der Waals surface area contributed by atoms with Gasteiger partial charge in [-0.05, 0) is 30.3 Å². The highest BCUT2D eigenvalue weighted by atomic mass is 19.1. The van der Waals surface area contributed by atoms with E-state index >= 15 is 0 Å². The average Bonchev–Trinajstić information content (AvgIpc) is 2.37. The van der Waals surface area contributed by atoms with E-state index in [1.807, 2.05) is 12.1 Å². The van der Waals surface area contributed by atoms with E-state index in [1.165, 1.54) is 12.1 Å². The first kappa shape index (κ1) is 12.0. The van der Waals surface area contributed by atoms with E-state index in [-0.39, 0.29) is 5.56 Å². The summed E-state index contributed by atoms with van der Waals surface area (Å²) in [6.07, 6.45) is 1.66. The minimum Gasteiger partial charge on any atom is -0.478 e. The van der Waals surface area contributed by atoms with Gasteiger partial charge in [0.2, 0.25) is 0 Å². The molecule has 18 heavy (non-hydrogen) atoms. The molecule has 1 aromatic heterocycles. The molecule has 0 saturated carbocycles. The fourth-order valence-corrected chi connectivity index (χ4v) is 1.51. The number of hydrogen-bond donors (Lipinski definition) is 2. The number of carboxylic acid groups (broad SMARTS) is 1. The molecule has 5 heteroatoms. The van der Waals surface area contributed by atoms with Gasteiger partial charge >= 0.3 is 5.97 Å². The molecule has 0 aliphatic heterocycles. The van der Waals surface area contributed by atoms with Crippen molar-refractivity contribution in [3.8, 4) is 0 Å². The van der Waals surface area contributed by atoms with Gasteiger partial charge in [0.1, 0.15) is 5.82 Å². The second-order valence-electron chi connectivity index (χ2n) is 3.71. The van der Waals surface area contributed by atoms with Crippen LogP contribution in [-0.2, 0) is 6.54 Å². The highest BCUT2D eigenvalue weighted by Gasteiger charge is 2.06. The molecule has 0 fully saturated rings. The second-order valence-corrected chi connectivity index (χ2v) is 3.71. The van der Waals surface area contributed by atoms with Crippen LogP contribution in [0.4, 0.5) is 10.1 Å². The van der Waals surface area contributed by atoms with E-state index in [0.29, 0.717) is 12.2 Å². The number of anilines is 1. The van der Waals surface area contributed by atoms with Crippen LogP contribution in [0.3, 0.4) is 0 Å². The monoisotopic (exact) mass is 246 g/mol. The largest absolute Gasteiger partial charge is 0.478 e. The van der Waals surface area contributed by atoms with Crippen molar-refractivity contribution < 1.29 is 14.3 Å². The van der Waals surface area contributed by atoms with Gasteiger partial charge in [-0.2, -0.15) is 0 Å². The van der Waals surface area contributed by atoms with E-state index in [4.69, 9.17) is 5.11 Å². The third-order valence-electron chi connectivity index (χ3n) is 2.34. The van der Waals surface area contributed by atoms with Gasteiger partial charge in [0.25, 0.3) is 0 Å². The van der Waals surface area contributed by atoms with Crippen molar-refractivity contribution >= 4 is 11.7 Å². The van der Waals surface area contributed by atoms with Crippen LogP contribution in [-0.4, -0.2) is 16.1 Å². The Labute approximate surface area is 103 Å². The van der Waals surface area contributed by atoms with Crippen LogP contribution in [0.15, 0.2) is 42.6 Å². The first-order valence-corrected chi connectivity index (χ1v) is 5.33. The van der Waals surface area contributed by atoms with Gasteiger partial charge in [-0.15, -0.1) is 0 Å². The summed E-state index contributed by atoms with van der Waals surface area (Å²) >= 11 is 0. The standard InChI is InChI=1S/C13H11FN2O2/c14-10-5-9(13(17)18)6-12(7-10)16-8-11-3-1-2-4-15-11/h1-7,16H,8H2,(H,17,18). The van der Waals surface area contributed by atoms with E-state index < -0.39 is 11.8 Å². The summed E-state index contributed by atoms with van der Waals surface area (Å²) in [6.45, 7) is 0.406. The van der Waals surface area contributed by atoms with Gasteiger partial charge in [0, 0.05) is 11.9 Å². The molecule has 0 saturated heterocycles. The quantitative estimate of drug-likeness (QED) is 0.870. The van der Waals surface area contributed by atoms with Crippen molar-refractivity contribution in [2.24, 2.45) is 0 Å². The minimum absolute atomic E-state index is 0.0847. The van der Waals surface area contributed by atoms with Crippen LogP contribution < -0.4 is 5.32 Å². The number of rotatable bonds is 4. The van der Waals surface area contributed by atoms with Crippen LogP contribution in [0.1, 0.15) is 16.1 Å². The lowest BCUT2D eigenvalue weighted by Crippen LogP contribution is -2.04. The van der Waals surface area contributed by atoms with Gasteiger partial charge in [-0.25, -0.2) is 9.18 Å². The average molecular weight is 246 g/mol. The predicted octanol–water partition coefficient (Wildman–Crippen LogP) is 2.53. The van der Waals surface area contributed by atoms with Gasteiger partial charge < -0.3 is 10.4 Å². The summed E-state index contributed by atoms with van der Waals surface area (Å²) in [5.41, 5.74) is 1.12. The number of benzene rings is 1. The van der Waals surface area contributed by atoms with E-state index in [0.717, 1.165) is 11.8 Å². The van der Waals surface area contributed by atoms with Gasteiger partial charge in [0.15, 0.2) is 0 Å². The maximum absolute atomic E-state index is 13.2. The zero-order valence-electron chi connectivity index (χ0n) is 9.43. The second kappa shape index (κ2) is 5.27. The molecule has 0 bridgehead atoms. The molecule has 0 radical (unpaired) electrons. The van der Waals surface area contributed by atoms with Gasteiger partial charge in [0.05, 0.1) is 17.8 Å². The molecule has 0 spiro atoms. The molecule has 2 N–H and O–H groups in total. The first-order chi connectivity index (χ1) is 8.65. The Kier molecular flexibility index (Phi) is 3.52. The van der Waals surface area contributed by atoms with Crippen molar-refractivity contribution in [2.75, 3.05) is 5.32 Å². The molecule has 92 valence electrons.